The number of hydrogen-bond acceptors (Lipinski definition) is 3. The van der Waals surface area contributed by atoms with Crippen LogP contribution in [-0.4, -0.2) is 18.7 Å². The van der Waals surface area contributed by atoms with Gasteiger partial charge in [-0.05, 0) is 48.8 Å². The third kappa shape index (κ3) is 2.32. The second-order valence-corrected chi connectivity index (χ2v) is 6.75. The maximum Gasteiger partial charge on any atom is 0.0976 e. The van der Waals surface area contributed by atoms with Crippen molar-refractivity contribution in [2.75, 3.05) is 18.5 Å². The third-order valence-corrected chi connectivity index (χ3v) is 5.52. The molecule has 3 unspecified atom stereocenters. The van der Waals surface area contributed by atoms with Crippen LogP contribution in [0.25, 0.3) is 0 Å². The SMILES string of the molecule is CCC1CCC(C#N)(C(O)c2ccc3c(c2)CCN3C)C1. The predicted octanol–water partition coefficient (Wildman–Crippen LogP) is 3.43. The number of anilines is 1. The average Bonchev–Trinajstić information content (AvgIpc) is 3.11. The summed E-state index contributed by atoms with van der Waals surface area (Å²) in [6.07, 6.45) is 4.19. The molecular weight excluding hydrogens is 260 g/mol. The summed E-state index contributed by atoms with van der Waals surface area (Å²) in [6, 6.07) is 8.67. The molecule has 1 fully saturated rings. The smallest absolute Gasteiger partial charge is 0.0976 e. The van der Waals surface area contributed by atoms with Crippen LogP contribution >= 0.6 is 0 Å². The maximum atomic E-state index is 10.8. The van der Waals surface area contributed by atoms with Crippen molar-refractivity contribution in [1.82, 2.24) is 0 Å². The van der Waals surface area contributed by atoms with Crippen molar-refractivity contribution in [2.45, 2.75) is 45.1 Å². The Morgan fingerprint density at radius 2 is 2.33 bits per heavy atom. The number of nitrogens with zero attached hydrogens (tertiary/aromatic N) is 2. The van der Waals surface area contributed by atoms with E-state index in [0.29, 0.717) is 5.92 Å². The van der Waals surface area contributed by atoms with Crippen LogP contribution in [0.15, 0.2) is 18.2 Å². The van der Waals surface area contributed by atoms with Crippen molar-refractivity contribution in [2.24, 2.45) is 11.3 Å². The van der Waals surface area contributed by atoms with E-state index in [-0.39, 0.29) is 0 Å². The highest BCUT2D eigenvalue weighted by Gasteiger charge is 2.45. The number of aliphatic hydroxyl groups excluding tert-OH is 1. The number of likely N-dealkylation sites (N-methyl/N-ethyl adjacent to an activating group) is 1. The van der Waals surface area contributed by atoms with Gasteiger partial charge in [0.1, 0.15) is 0 Å². The standard InChI is InChI=1S/C18H24N2O/c1-3-13-6-8-18(11-13,12-19)17(21)15-4-5-16-14(10-15)7-9-20(16)2/h4-5,10,13,17,21H,3,6-9,11H2,1-2H3. The fraction of sp³-hybridized carbons (Fsp3) is 0.611. The van der Waals surface area contributed by atoms with Gasteiger partial charge in [-0.25, -0.2) is 0 Å². The topological polar surface area (TPSA) is 47.3 Å². The van der Waals surface area contributed by atoms with E-state index < -0.39 is 11.5 Å². The summed E-state index contributed by atoms with van der Waals surface area (Å²) in [5.74, 6) is 0.583. The Balaban J connectivity index is 1.88. The van der Waals surface area contributed by atoms with Gasteiger partial charge in [-0.15, -0.1) is 0 Å². The Morgan fingerprint density at radius 3 is 3.00 bits per heavy atom. The molecule has 1 heterocycles. The molecule has 2 aliphatic rings. The van der Waals surface area contributed by atoms with E-state index in [1.165, 1.54) is 11.3 Å². The van der Waals surface area contributed by atoms with Crippen LogP contribution in [0.1, 0.15) is 49.8 Å². The van der Waals surface area contributed by atoms with Gasteiger partial charge in [-0.1, -0.05) is 25.5 Å². The Hall–Kier alpha value is -1.53. The summed E-state index contributed by atoms with van der Waals surface area (Å²) in [5, 5.41) is 20.5. The molecule has 1 aromatic carbocycles. The van der Waals surface area contributed by atoms with Gasteiger partial charge in [0.05, 0.1) is 17.6 Å². The lowest BCUT2D eigenvalue weighted by atomic mass is 9.77. The fourth-order valence-corrected chi connectivity index (χ4v) is 4.02. The van der Waals surface area contributed by atoms with Crippen LogP contribution in [0, 0.1) is 22.7 Å². The van der Waals surface area contributed by atoms with E-state index in [1.807, 2.05) is 6.07 Å². The minimum atomic E-state index is -0.657. The molecule has 1 aliphatic carbocycles. The van der Waals surface area contributed by atoms with Gasteiger partial charge in [-0.3, -0.25) is 0 Å². The minimum absolute atomic E-state index is 0.583. The minimum Gasteiger partial charge on any atom is -0.387 e. The molecular formula is C18H24N2O. The van der Waals surface area contributed by atoms with Crippen LogP contribution in [0.5, 0.6) is 0 Å². The number of aliphatic hydroxyl groups is 1. The van der Waals surface area contributed by atoms with E-state index in [2.05, 4.69) is 37.1 Å². The highest BCUT2D eigenvalue weighted by atomic mass is 16.3. The van der Waals surface area contributed by atoms with Gasteiger partial charge in [-0.2, -0.15) is 5.26 Å². The van der Waals surface area contributed by atoms with E-state index in [4.69, 9.17) is 0 Å². The zero-order valence-electron chi connectivity index (χ0n) is 13.0. The second-order valence-electron chi connectivity index (χ2n) is 6.75. The lowest BCUT2D eigenvalue weighted by Crippen LogP contribution is -2.24. The monoisotopic (exact) mass is 284 g/mol. The van der Waals surface area contributed by atoms with Crippen LogP contribution in [0.2, 0.25) is 0 Å². The number of rotatable bonds is 3. The lowest BCUT2D eigenvalue weighted by Gasteiger charge is -2.28. The first-order chi connectivity index (χ1) is 10.1. The van der Waals surface area contributed by atoms with Gasteiger partial charge < -0.3 is 10.0 Å². The van der Waals surface area contributed by atoms with E-state index in [0.717, 1.165) is 44.2 Å². The largest absolute Gasteiger partial charge is 0.387 e. The van der Waals surface area contributed by atoms with Gasteiger partial charge in [0, 0.05) is 19.3 Å². The van der Waals surface area contributed by atoms with Crippen molar-refractivity contribution in [3.8, 4) is 6.07 Å². The first-order valence-electron chi connectivity index (χ1n) is 8.03. The first-order valence-corrected chi connectivity index (χ1v) is 8.03. The zero-order chi connectivity index (χ0) is 15.0. The molecule has 0 amide bonds. The Bertz CT molecular complexity index is 577. The van der Waals surface area contributed by atoms with Crippen LogP contribution in [-0.2, 0) is 6.42 Å². The lowest BCUT2D eigenvalue weighted by molar-refractivity contribution is 0.0640. The van der Waals surface area contributed by atoms with Crippen molar-refractivity contribution < 1.29 is 5.11 Å². The molecule has 0 saturated heterocycles. The molecule has 0 aromatic heterocycles. The number of hydrogen-bond donors (Lipinski definition) is 1. The van der Waals surface area contributed by atoms with E-state index in [9.17, 15) is 10.4 Å². The molecule has 3 nitrogen and oxygen atoms in total. The average molecular weight is 284 g/mol. The van der Waals surface area contributed by atoms with Gasteiger partial charge in [0.15, 0.2) is 0 Å². The predicted molar refractivity (Wildman–Crippen MR) is 84.1 cm³/mol. The van der Waals surface area contributed by atoms with Gasteiger partial charge in [0.25, 0.3) is 0 Å². The molecule has 21 heavy (non-hydrogen) atoms. The normalized spacial score (nSPS) is 29.2. The van der Waals surface area contributed by atoms with E-state index in [1.54, 1.807) is 0 Å². The van der Waals surface area contributed by atoms with Crippen molar-refractivity contribution in [1.29, 1.82) is 5.26 Å². The molecule has 3 rings (SSSR count). The molecule has 3 atom stereocenters. The van der Waals surface area contributed by atoms with Gasteiger partial charge >= 0.3 is 0 Å². The Morgan fingerprint density at radius 1 is 1.52 bits per heavy atom. The van der Waals surface area contributed by atoms with E-state index >= 15 is 0 Å². The second kappa shape index (κ2) is 5.35. The molecule has 0 bridgehead atoms. The van der Waals surface area contributed by atoms with Crippen LogP contribution in [0.3, 0.4) is 0 Å². The van der Waals surface area contributed by atoms with Gasteiger partial charge in [0.2, 0.25) is 0 Å². The molecule has 1 saturated carbocycles. The summed E-state index contributed by atoms with van der Waals surface area (Å²) in [5.41, 5.74) is 2.89. The summed E-state index contributed by atoms with van der Waals surface area (Å²) in [7, 11) is 2.10. The van der Waals surface area contributed by atoms with Crippen molar-refractivity contribution in [3.05, 3.63) is 29.3 Å². The van der Waals surface area contributed by atoms with Crippen molar-refractivity contribution >= 4 is 5.69 Å². The molecule has 1 aromatic rings. The summed E-state index contributed by atoms with van der Waals surface area (Å²) < 4.78 is 0. The van der Waals surface area contributed by atoms with Crippen LogP contribution < -0.4 is 4.90 Å². The van der Waals surface area contributed by atoms with Crippen LogP contribution in [0.4, 0.5) is 5.69 Å². The third-order valence-electron chi connectivity index (χ3n) is 5.52. The molecule has 0 radical (unpaired) electrons. The molecule has 3 heteroatoms. The highest BCUT2D eigenvalue weighted by molar-refractivity contribution is 5.58. The summed E-state index contributed by atoms with van der Waals surface area (Å²) in [6.45, 7) is 3.21. The highest BCUT2D eigenvalue weighted by Crippen LogP contribution is 2.50. The molecule has 112 valence electrons. The fourth-order valence-electron chi connectivity index (χ4n) is 4.02. The molecule has 1 aliphatic heterocycles. The quantitative estimate of drug-likeness (QED) is 0.925. The molecule has 1 N–H and O–H groups in total. The summed E-state index contributed by atoms with van der Waals surface area (Å²) in [4.78, 5) is 2.24. The number of benzene rings is 1. The number of fused-ring (bicyclic) bond motifs is 1. The molecule has 0 spiro atoms. The Labute approximate surface area is 127 Å². The van der Waals surface area contributed by atoms with Crippen molar-refractivity contribution in [3.63, 3.8) is 0 Å². The Kier molecular flexibility index (Phi) is 3.67. The maximum absolute atomic E-state index is 10.8. The first kappa shape index (κ1) is 14.4. The number of nitriles is 1. The zero-order valence-corrected chi connectivity index (χ0v) is 13.0. The summed E-state index contributed by atoms with van der Waals surface area (Å²) >= 11 is 0.